The smallest absolute Gasteiger partial charge is 0.0628 e. The van der Waals surface area contributed by atoms with Gasteiger partial charge in [0.1, 0.15) is 0 Å². The number of rotatable bonds is 2. The van der Waals surface area contributed by atoms with Gasteiger partial charge in [0, 0.05) is 18.6 Å². The number of aliphatic hydroxyl groups is 1. The Morgan fingerprint density at radius 2 is 1.93 bits per heavy atom. The minimum atomic E-state index is -0.0206. The molecule has 14 heavy (non-hydrogen) atoms. The van der Waals surface area contributed by atoms with Gasteiger partial charge in [0.15, 0.2) is 0 Å². The van der Waals surface area contributed by atoms with Crippen LogP contribution in [0.1, 0.15) is 27.2 Å². The lowest BCUT2D eigenvalue weighted by Crippen LogP contribution is -2.51. The van der Waals surface area contributed by atoms with Crippen molar-refractivity contribution < 1.29 is 5.11 Å². The van der Waals surface area contributed by atoms with Crippen LogP contribution in [0, 0.1) is 0 Å². The first kappa shape index (κ1) is 12.0. The van der Waals surface area contributed by atoms with Gasteiger partial charge in [-0.05, 0) is 41.3 Å². The quantitative estimate of drug-likeness (QED) is 0.714. The zero-order valence-corrected chi connectivity index (χ0v) is 10.2. The van der Waals surface area contributed by atoms with E-state index in [4.69, 9.17) is 0 Å². The fourth-order valence-corrected chi connectivity index (χ4v) is 2.06. The van der Waals surface area contributed by atoms with Gasteiger partial charge in [0.05, 0.1) is 12.1 Å². The monoisotopic (exact) mass is 200 g/mol. The molecule has 0 aromatic rings. The second kappa shape index (κ2) is 3.80. The van der Waals surface area contributed by atoms with Crippen LogP contribution in [0.15, 0.2) is 0 Å². The van der Waals surface area contributed by atoms with Gasteiger partial charge < -0.3 is 10.0 Å². The highest BCUT2D eigenvalue weighted by Gasteiger charge is 2.42. The minimum absolute atomic E-state index is 0.0206. The average molecular weight is 200 g/mol. The van der Waals surface area contributed by atoms with E-state index in [1.807, 2.05) is 0 Å². The Balaban J connectivity index is 2.71. The summed E-state index contributed by atoms with van der Waals surface area (Å²) in [6.45, 7) is 9.01. The molecular formula is C11H24N2O. The van der Waals surface area contributed by atoms with Crippen molar-refractivity contribution in [2.24, 2.45) is 0 Å². The first-order valence-corrected chi connectivity index (χ1v) is 5.35. The van der Waals surface area contributed by atoms with Crippen LogP contribution < -0.4 is 0 Å². The van der Waals surface area contributed by atoms with E-state index < -0.39 is 0 Å². The Hall–Kier alpha value is -0.120. The molecule has 1 aliphatic rings. The van der Waals surface area contributed by atoms with Gasteiger partial charge in [-0.25, -0.2) is 0 Å². The molecule has 3 heteroatoms. The van der Waals surface area contributed by atoms with Gasteiger partial charge in [-0.2, -0.15) is 0 Å². The van der Waals surface area contributed by atoms with Crippen LogP contribution >= 0.6 is 0 Å². The maximum Gasteiger partial charge on any atom is 0.0628 e. The molecule has 0 spiro atoms. The topological polar surface area (TPSA) is 26.7 Å². The van der Waals surface area contributed by atoms with E-state index in [9.17, 15) is 5.11 Å². The van der Waals surface area contributed by atoms with Gasteiger partial charge in [-0.1, -0.05) is 0 Å². The molecule has 1 aliphatic heterocycles. The highest BCUT2D eigenvalue weighted by atomic mass is 16.3. The average Bonchev–Trinajstić information content (AvgIpc) is 2.47. The van der Waals surface area contributed by atoms with Crippen molar-refractivity contribution in [1.29, 1.82) is 0 Å². The number of likely N-dealkylation sites (tertiary alicyclic amines) is 1. The van der Waals surface area contributed by atoms with Crippen LogP contribution in [-0.2, 0) is 0 Å². The van der Waals surface area contributed by atoms with Gasteiger partial charge in [-0.15, -0.1) is 0 Å². The summed E-state index contributed by atoms with van der Waals surface area (Å²) in [6.07, 6.45) is 1.06. The van der Waals surface area contributed by atoms with Crippen molar-refractivity contribution in [1.82, 2.24) is 9.80 Å². The summed E-state index contributed by atoms with van der Waals surface area (Å²) in [5.74, 6) is 0. The third-order valence-electron chi connectivity index (χ3n) is 3.52. The van der Waals surface area contributed by atoms with Crippen molar-refractivity contribution in [2.45, 2.75) is 38.3 Å². The highest BCUT2D eigenvalue weighted by molar-refractivity contribution is 4.99. The molecular weight excluding hydrogens is 176 g/mol. The standard InChI is InChI=1S/C11H24N2O/c1-10(2,3)13-7-6-11(8-13,9-14)12(4)5/h14H,6-9H2,1-5H3. The van der Waals surface area contributed by atoms with Gasteiger partial charge in [0.2, 0.25) is 0 Å². The Bertz CT molecular complexity index is 198. The molecule has 0 aliphatic carbocycles. The molecule has 3 nitrogen and oxygen atoms in total. The van der Waals surface area contributed by atoms with E-state index in [2.05, 4.69) is 44.7 Å². The Morgan fingerprint density at radius 3 is 2.14 bits per heavy atom. The van der Waals surface area contributed by atoms with E-state index in [1.54, 1.807) is 0 Å². The van der Waals surface area contributed by atoms with Crippen LogP contribution in [0.4, 0.5) is 0 Å². The summed E-state index contributed by atoms with van der Waals surface area (Å²) in [5.41, 5.74) is 0.195. The summed E-state index contributed by atoms with van der Waals surface area (Å²) in [5, 5.41) is 9.50. The molecule has 1 fully saturated rings. The maximum atomic E-state index is 9.50. The van der Waals surface area contributed by atoms with Crippen LogP contribution in [0.25, 0.3) is 0 Å². The van der Waals surface area contributed by atoms with Crippen LogP contribution in [-0.4, -0.2) is 59.8 Å². The van der Waals surface area contributed by atoms with Crippen LogP contribution in [0.2, 0.25) is 0 Å². The van der Waals surface area contributed by atoms with Crippen molar-refractivity contribution in [3.05, 3.63) is 0 Å². The van der Waals surface area contributed by atoms with Gasteiger partial charge in [0.25, 0.3) is 0 Å². The summed E-state index contributed by atoms with van der Waals surface area (Å²) in [4.78, 5) is 4.61. The number of likely N-dealkylation sites (N-methyl/N-ethyl adjacent to an activating group) is 1. The Morgan fingerprint density at radius 1 is 1.36 bits per heavy atom. The lowest BCUT2D eigenvalue weighted by molar-refractivity contribution is 0.0604. The largest absolute Gasteiger partial charge is 0.394 e. The summed E-state index contributed by atoms with van der Waals surface area (Å²) in [6, 6.07) is 0. The molecule has 0 aromatic carbocycles. The molecule has 84 valence electrons. The lowest BCUT2D eigenvalue weighted by Gasteiger charge is -2.37. The van der Waals surface area contributed by atoms with Crippen LogP contribution in [0.5, 0.6) is 0 Å². The third kappa shape index (κ3) is 2.10. The molecule has 1 N–H and O–H groups in total. The van der Waals surface area contributed by atoms with Crippen molar-refractivity contribution in [2.75, 3.05) is 33.8 Å². The van der Waals surface area contributed by atoms with E-state index in [0.29, 0.717) is 0 Å². The van der Waals surface area contributed by atoms with E-state index in [1.165, 1.54) is 0 Å². The molecule has 1 rings (SSSR count). The first-order chi connectivity index (χ1) is 6.32. The summed E-state index contributed by atoms with van der Waals surface area (Å²) in [7, 11) is 4.12. The van der Waals surface area contributed by atoms with Crippen molar-refractivity contribution in [3.8, 4) is 0 Å². The molecule has 1 unspecified atom stereocenters. The molecule has 1 heterocycles. The molecule has 0 saturated carbocycles. The zero-order valence-electron chi connectivity index (χ0n) is 10.2. The number of aliphatic hydroxyl groups excluding tert-OH is 1. The SMILES string of the molecule is CN(C)C1(CO)CCN(C(C)(C)C)C1. The predicted octanol–water partition coefficient (Wildman–Crippen LogP) is 0.783. The van der Waals surface area contributed by atoms with Crippen molar-refractivity contribution in [3.63, 3.8) is 0 Å². The normalized spacial score (nSPS) is 30.2. The second-order valence-corrected chi connectivity index (χ2v) is 5.62. The number of hydrogen-bond donors (Lipinski definition) is 1. The first-order valence-electron chi connectivity index (χ1n) is 5.35. The third-order valence-corrected chi connectivity index (χ3v) is 3.52. The number of nitrogens with zero attached hydrogens (tertiary/aromatic N) is 2. The summed E-state index contributed by atoms with van der Waals surface area (Å²) < 4.78 is 0. The Labute approximate surface area is 87.7 Å². The molecule has 0 radical (unpaired) electrons. The van der Waals surface area contributed by atoms with E-state index in [-0.39, 0.29) is 17.7 Å². The van der Waals surface area contributed by atoms with Gasteiger partial charge in [-0.3, -0.25) is 4.90 Å². The molecule has 0 bridgehead atoms. The molecule has 1 saturated heterocycles. The van der Waals surface area contributed by atoms with Gasteiger partial charge >= 0.3 is 0 Å². The zero-order chi connectivity index (χ0) is 11.0. The number of hydrogen-bond acceptors (Lipinski definition) is 3. The maximum absolute atomic E-state index is 9.50. The lowest BCUT2D eigenvalue weighted by atomic mass is 9.98. The van der Waals surface area contributed by atoms with Crippen molar-refractivity contribution >= 4 is 0 Å². The minimum Gasteiger partial charge on any atom is -0.394 e. The van der Waals surface area contributed by atoms with Crippen LogP contribution in [0.3, 0.4) is 0 Å². The highest BCUT2D eigenvalue weighted by Crippen LogP contribution is 2.30. The fourth-order valence-electron chi connectivity index (χ4n) is 2.06. The predicted molar refractivity (Wildman–Crippen MR) is 59.4 cm³/mol. The second-order valence-electron chi connectivity index (χ2n) is 5.62. The fraction of sp³-hybridized carbons (Fsp3) is 1.00. The molecule has 0 aromatic heterocycles. The van der Waals surface area contributed by atoms with E-state index >= 15 is 0 Å². The molecule has 1 atom stereocenters. The summed E-state index contributed by atoms with van der Waals surface area (Å²) >= 11 is 0. The molecule has 0 amide bonds. The Kier molecular flexibility index (Phi) is 3.24. The van der Waals surface area contributed by atoms with E-state index in [0.717, 1.165) is 19.5 Å².